The van der Waals surface area contributed by atoms with Gasteiger partial charge < -0.3 is 4.74 Å². The summed E-state index contributed by atoms with van der Waals surface area (Å²) in [6.07, 6.45) is 4.23. The lowest BCUT2D eigenvalue weighted by Gasteiger charge is -2.23. The van der Waals surface area contributed by atoms with Crippen LogP contribution in [-0.4, -0.2) is 22.5 Å². The first-order chi connectivity index (χ1) is 8.67. The highest BCUT2D eigenvalue weighted by Gasteiger charge is 2.33. The molecule has 3 atom stereocenters. The molecule has 18 heavy (non-hydrogen) atoms. The lowest BCUT2D eigenvalue weighted by Crippen LogP contribution is -2.35. The van der Waals surface area contributed by atoms with Gasteiger partial charge in [-0.15, -0.1) is 0 Å². The zero-order valence-electron chi connectivity index (χ0n) is 10.9. The quantitative estimate of drug-likeness (QED) is 0.644. The van der Waals surface area contributed by atoms with E-state index in [1.54, 1.807) is 0 Å². The topological polar surface area (TPSA) is 65.1 Å². The number of halogens is 1. The molecule has 3 unspecified atom stereocenters. The number of rotatable bonds is 5. The largest absolute Gasteiger partial charge is 0.378 e. The zero-order chi connectivity index (χ0) is 13.1. The zero-order valence-corrected chi connectivity index (χ0v) is 12.5. The molecule has 0 amide bonds. The molecule has 1 aromatic heterocycles. The molecule has 0 aromatic carbocycles. The monoisotopic (exact) mass is 316 g/mol. The molecule has 1 fully saturated rings. The Morgan fingerprint density at radius 1 is 1.72 bits per heavy atom. The lowest BCUT2D eigenvalue weighted by atomic mass is 9.95. The van der Waals surface area contributed by atoms with Gasteiger partial charge in [0.15, 0.2) is 0 Å². The summed E-state index contributed by atoms with van der Waals surface area (Å²) in [4.78, 5) is 0. The summed E-state index contributed by atoms with van der Waals surface area (Å²) in [7, 11) is 0. The second kappa shape index (κ2) is 6.14. The highest BCUT2D eigenvalue weighted by atomic mass is 79.9. The predicted molar refractivity (Wildman–Crippen MR) is 73.8 cm³/mol. The van der Waals surface area contributed by atoms with Crippen LogP contribution in [0, 0.1) is 5.92 Å². The third-order valence-corrected chi connectivity index (χ3v) is 4.05. The van der Waals surface area contributed by atoms with Gasteiger partial charge in [0.2, 0.25) is 0 Å². The number of ether oxygens (including phenoxy) is 1. The molecule has 0 bridgehead atoms. The van der Waals surface area contributed by atoms with Gasteiger partial charge in [0.1, 0.15) is 0 Å². The minimum Gasteiger partial charge on any atom is -0.378 e. The number of nitrogens with one attached hydrogen (secondary N) is 1. The Bertz CT molecular complexity index is 395. The Morgan fingerprint density at radius 2 is 2.50 bits per heavy atom. The van der Waals surface area contributed by atoms with E-state index in [1.165, 1.54) is 0 Å². The van der Waals surface area contributed by atoms with Gasteiger partial charge in [0, 0.05) is 12.5 Å². The van der Waals surface area contributed by atoms with Gasteiger partial charge in [-0.1, -0.05) is 6.92 Å². The van der Waals surface area contributed by atoms with E-state index in [9.17, 15) is 0 Å². The summed E-state index contributed by atoms with van der Waals surface area (Å²) >= 11 is 3.57. The van der Waals surface area contributed by atoms with Crippen molar-refractivity contribution >= 4 is 15.9 Å². The molecular weight excluding hydrogens is 296 g/mol. The van der Waals surface area contributed by atoms with Crippen molar-refractivity contribution in [2.45, 2.75) is 45.4 Å². The van der Waals surface area contributed by atoms with Crippen LogP contribution >= 0.6 is 15.9 Å². The van der Waals surface area contributed by atoms with Gasteiger partial charge in [-0.2, -0.15) is 5.10 Å². The minimum absolute atomic E-state index is 0.0818. The summed E-state index contributed by atoms with van der Waals surface area (Å²) < 4.78 is 8.68. The van der Waals surface area contributed by atoms with Gasteiger partial charge in [-0.3, -0.25) is 16.0 Å². The van der Waals surface area contributed by atoms with Crippen LogP contribution in [0.2, 0.25) is 0 Å². The molecule has 1 aromatic rings. The van der Waals surface area contributed by atoms with Gasteiger partial charge >= 0.3 is 0 Å². The molecule has 1 aliphatic heterocycles. The SMILES string of the molecule is CCCn1ncc(Br)c1C(NN)C1COC(C)C1. The van der Waals surface area contributed by atoms with Crippen LogP contribution in [0.4, 0.5) is 0 Å². The van der Waals surface area contributed by atoms with E-state index in [-0.39, 0.29) is 6.04 Å². The first-order valence-corrected chi connectivity index (χ1v) is 7.25. The third kappa shape index (κ3) is 2.77. The summed E-state index contributed by atoms with van der Waals surface area (Å²) in [6, 6.07) is 0.0818. The van der Waals surface area contributed by atoms with Crippen LogP contribution in [-0.2, 0) is 11.3 Å². The van der Waals surface area contributed by atoms with E-state index in [2.05, 4.69) is 40.3 Å². The van der Waals surface area contributed by atoms with E-state index >= 15 is 0 Å². The first-order valence-electron chi connectivity index (χ1n) is 6.46. The Hall–Kier alpha value is -0.430. The molecule has 5 nitrogen and oxygen atoms in total. The van der Waals surface area contributed by atoms with Crippen LogP contribution in [0.3, 0.4) is 0 Å². The average Bonchev–Trinajstić information content (AvgIpc) is 2.91. The molecule has 2 heterocycles. The Balaban J connectivity index is 2.23. The van der Waals surface area contributed by atoms with E-state index in [0.29, 0.717) is 12.0 Å². The molecule has 2 rings (SSSR count). The maximum atomic E-state index is 5.76. The number of hydrazine groups is 1. The molecule has 102 valence electrons. The Morgan fingerprint density at radius 3 is 3.06 bits per heavy atom. The van der Waals surface area contributed by atoms with Crippen molar-refractivity contribution in [3.63, 3.8) is 0 Å². The number of nitrogens with zero attached hydrogens (tertiary/aromatic N) is 2. The smallest absolute Gasteiger partial charge is 0.0712 e. The number of hydrogen-bond donors (Lipinski definition) is 2. The predicted octanol–water partition coefficient (Wildman–Crippen LogP) is 1.99. The van der Waals surface area contributed by atoms with Crippen LogP contribution in [0.15, 0.2) is 10.7 Å². The van der Waals surface area contributed by atoms with Crippen molar-refractivity contribution in [3.8, 4) is 0 Å². The second-order valence-corrected chi connectivity index (χ2v) is 5.74. The second-order valence-electron chi connectivity index (χ2n) is 4.88. The van der Waals surface area contributed by atoms with Crippen molar-refractivity contribution in [1.82, 2.24) is 15.2 Å². The molecule has 0 aliphatic carbocycles. The van der Waals surface area contributed by atoms with Crippen molar-refractivity contribution in [3.05, 3.63) is 16.4 Å². The van der Waals surface area contributed by atoms with Crippen LogP contribution in [0.5, 0.6) is 0 Å². The number of nitrogens with two attached hydrogens (primary N) is 1. The number of aryl methyl sites for hydroxylation is 1. The molecule has 0 saturated carbocycles. The van der Waals surface area contributed by atoms with Crippen molar-refractivity contribution in [1.29, 1.82) is 0 Å². The highest BCUT2D eigenvalue weighted by molar-refractivity contribution is 9.10. The molecule has 6 heteroatoms. The van der Waals surface area contributed by atoms with E-state index in [1.807, 2.05) is 10.9 Å². The number of aromatic nitrogens is 2. The van der Waals surface area contributed by atoms with Gasteiger partial charge in [0.25, 0.3) is 0 Å². The molecule has 0 spiro atoms. The van der Waals surface area contributed by atoms with Crippen LogP contribution in [0.1, 0.15) is 38.4 Å². The van der Waals surface area contributed by atoms with Crippen LogP contribution < -0.4 is 11.3 Å². The third-order valence-electron chi connectivity index (χ3n) is 3.44. The summed E-state index contributed by atoms with van der Waals surface area (Å²) in [5.41, 5.74) is 4.06. The van der Waals surface area contributed by atoms with Gasteiger partial charge in [-0.05, 0) is 35.7 Å². The fourth-order valence-electron chi connectivity index (χ4n) is 2.59. The normalized spacial score (nSPS) is 25.6. The standard InChI is InChI=1S/C12H21BrN4O/c1-3-4-17-12(10(13)6-15-17)11(16-14)9-5-8(2)18-7-9/h6,8-9,11,16H,3-5,7,14H2,1-2H3. The van der Waals surface area contributed by atoms with Crippen molar-refractivity contribution in [2.75, 3.05) is 6.61 Å². The van der Waals surface area contributed by atoms with Gasteiger partial charge in [-0.25, -0.2) is 0 Å². The molecule has 3 N–H and O–H groups in total. The van der Waals surface area contributed by atoms with E-state index < -0.39 is 0 Å². The van der Waals surface area contributed by atoms with Crippen molar-refractivity contribution < 1.29 is 4.74 Å². The maximum Gasteiger partial charge on any atom is 0.0712 e. The fraction of sp³-hybridized carbons (Fsp3) is 0.750. The molecular formula is C12H21BrN4O. The molecule has 1 saturated heterocycles. The Kier molecular flexibility index (Phi) is 4.77. The summed E-state index contributed by atoms with van der Waals surface area (Å²) in [5.74, 6) is 6.15. The van der Waals surface area contributed by atoms with E-state index in [4.69, 9.17) is 10.6 Å². The minimum atomic E-state index is 0.0818. The average molecular weight is 317 g/mol. The van der Waals surface area contributed by atoms with Crippen LogP contribution in [0.25, 0.3) is 0 Å². The fourth-order valence-corrected chi connectivity index (χ4v) is 3.13. The molecule has 0 radical (unpaired) electrons. The lowest BCUT2D eigenvalue weighted by molar-refractivity contribution is 0.116. The Labute approximate surface area is 116 Å². The van der Waals surface area contributed by atoms with E-state index in [0.717, 1.165) is 36.2 Å². The van der Waals surface area contributed by atoms with Gasteiger partial charge in [0.05, 0.1) is 35.1 Å². The molecule has 1 aliphatic rings. The number of hydrogen-bond acceptors (Lipinski definition) is 4. The highest BCUT2D eigenvalue weighted by Crippen LogP contribution is 2.34. The van der Waals surface area contributed by atoms with Crippen molar-refractivity contribution in [2.24, 2.45) is 11.8 Å². The first kappa shape index (κ1) is 14.0. The maximum absolute atomic E-state index is 5.76. The summed E-state index contributed by atoms with van der Waals surface area (Å²) in [6.45, 7) is 5.90. The summed E-state index contributed by atoms with van der Waals surface area (Å²) in [5, 5.41) is 4.40.